The highest BCUT2D eigenvalue weighted by molar-refractivity contribution is 9.10. The molecule has 0 amide bonds. The molecule has 3 heteroatoms. The largest absolute Gasteiger partial charge is 0.496 e. The molecule has 0 saturated heterocycles. The molecular weight excluding hydrogens is 292 g/mol. The molecule has 2 nitrogen and oxygen atoms in total. The van der Waals surface area contributed by atoms with Crippen LogP contribution >= 0.6 is 15.9 Å². The van der Waals surface area contributed by atoms with Crippen molar-refractivity contribution in [1.82, 2.24) is 0 Å². The summed E-state index contributed by atoms with van der Waals surface area (Å²) in [5.74, 6) is 2.59. The minimum Gasteiger partial charge on any atom is -0.496 e. The second-order valence-corrected chi connectivity index (χ2v) is 5.86. The van der Waals surface area contributed by atoms with Gasteiger partial charge in [-0.15, -0.1) is 0 Å². The number of rotatable bonds is 4. The molecule has 0 spiro atoms. The Balaban J connectivity index is 2.17. The molecule has 100 valence electrons. The molecule has 0 atom stereocenters. The number of hydrogen-bond acceptors (Lipinski definition) is 2. The van der Waals surface area contributed by atoms with E-state index in [1.807, 2.05) is 6.07 Å². The van der Waals surface area contributed by atoms with Gasteiger partial charge in [-0.1, -0.05) is 32.1 Å². The molecule has 18 heavy (non-hydrogen) atoms. The summed E-state index contributed by atoms with van der Waals surface area (Å²) in [5, 5.41) is 0. The monoisotopic (exact) mass is 312 g/mol. The van der Waals surface area contributed by atoms with E-state index in [-0.39, 0.29) is 0 Å². The molecule has 1 aromatic carbocycles. The second kappa shape index (κ2) is 6.46. The van der Waals surface area contributed by atoms with Gasteiger partial charge in [-0.05, 0) is 39.9 Å². The van der Waals surface area contributed by atoms with Gasteiger partial charge in [-0.3, -0.25) is 0 Å². The molecule has 1 aliphatic rings. The zero-order valence-corrected chi connectivity index (χ0v) is 12.8. The van der Waals surface area contributed by atoms with Crippen LogP contribution < -0.4 is 9.47 Å². The highest BCUT2D eigenvalue weighted by Crippen LogP contribution is 2.36. The summed E-state index contributed by atoms with van der Waals surface area (Å²) in [6.07, 6.45) is 7.99. The molecule has 0 bridgehead atoms. The van der Waals surface area contributed by atoms with Crippen LogP contribution in [0.1, 0.15) is 37.7 Å². The lowest BCUT2D eigenvalue weighted by Crippen LogP contribution is -2.10. The van der Waals surface area contributed by atoms with Crippen LogP contribution in [0.15, 0.2) is 16.6 Å². The van der Waals surface area contributed by atoms with Gasteiger partial charge in [0.15, 0.2) is 0 Å². The Morgan fingerprint density at radius 2 is 1.72 bits per heavy atom. The zero-order valence-electron chi connectivity index (χ0n) is 11.2. The lowest BCUT2D eigenvalue weighted by molar-refractivity contribution is 0.346. The van der Waals surface area contributed by atoms with E-state index in [2.05, 4.69) is 22.0 Å². The van der Waals surface area contributed by atoms with Crippen LogP contribution in [0.3, 0.4) is 0 Å². The average Bonchev–Trinajstić information content (AvgIpc) is 2.40. The minimum absolute atomic E-state index is 0.813. The molecule has 0 unspecified atom stereocenters. The summed E-state index contributed by atoms with van der Waals surface area (Å²) < 4.78 is 11.8. The van der Waals surface area contributed by atoms with Gasteiger partial charge in [0.1, 0.15) is 11.5 Å². The third kappa shape index (κ3) is 3.19. The standard InChI is InChI=1S/C15H21BrO2/c1-17-14-10-15(18-2)13(16)9-12(14)8-11-6-4-3-5-7-11/h9-11H,3-8H2,1-2H3. The van der Waals surface area contributed by atoms with Crippen molar-refractivity contribution in [3.8, 4) is 11.5 Å². The predicted octanol–water partition coefficient (Wildman–Crippen LogP) is 4.59. The van der Waals surface area contributed by atoms with Crippen LogP contribution in [-0.2, 0) is 6.42 Å². The van der Waals surface area contributed by atoms with Gasteiger partial charge in [0.25, 0.3) is 0 Å². The Morgan fingerprint density at radius 1 is 1.06 bits per heavy atom. The van der Waals surface area contributed by atoms with Gasteiger partial charge in [0.05, 0.1) is 18.7 Å². The minimum atomic E-state index is 0.813. The van der Waals surface area contributed by atoms with E-state index in [4.69, 9.17) is 9.47 Å². The number of methoxy groups -OCH3 is 2. The molecular formula is C15H21BrO2. The summed E-state index contributed by atoms with van der Waals surface area (Å²) in [7, 11) is 3.41. The van der Waals surface area contributed by atoms with E-state index in [1.54, 1.807) is 14.2 Å². The van der Waals surface area contributed by atoms with E-state index in [0.717, 1.165) is 28.3 Å². The molecule has 0 heterocycles. The van der Waals surface area contributed by atoms with E-state index in [1.165, 1.54) is 37.7 Å². The molecule has 0 aliphatic heterocycles. The summed E-state index contributed by atoms with van der Waals surface area (Å²) in [4.78, 5) is 0. The first-order valence-electron chi connectivity index (χ1n) is 6.65. The van der Waals surface area contributed by atoms with Crippen molar-refractivity contribution in [1.29, 1.82) is 0 Å². The van der Waals surface area contributed by atoms with Crippen molar-refractivity contribution in [3.63, 3.8) is 0 Å². The Bertz CT molecular complexity index is 398. The van der Waals surface area contributed by atoms with Gasteiger partial charge in [0, 0.05) is 6.07 Å². The normalized spacial score (nSPS) is 16.6. The van der Waals surface area contributed by atoms with E-state index < -0.39 is 0 Å². The lowest BCUT2D eigenvalue weighted by atomic mass is 9.84. The van der Waals surface area contributed by atoms with Gasteiger partial charge in [0.2, 0.25) is 0 Å². The Morgan fingerprint density at radius 3 is 2.33 bits per heavy atom. The summed E-state index contributed by atoms with van der Waals surface area (Å²) in [5.41, 5.74) is 1.29. The smallest absolute Gasteiger partial charge is 0.136 e. The third-order valence-corrected chi connectivity index (χ3v) is 4.41. The first kappa shape index (κ1) is 13.7. The first-order chi connectivity index (χ1) is 8.74. The van der Waals surface area contributed by atoms with Crippen molar-refractivity contribution in [3.05, 3.63) is 22.2 Å². The Labute approximate surface area is 118 Å². The van der Waals surface area contributed by atoms with E-state index in [9.17, 15) is 0 Å². The highest BCUT2D eigenvalue weighted by Gasteiger charge is 2.17. The fraction of sp³-hybridized carbons (Fsp3) is 0.600. The fourth-order valence-electron chi connectivity index (χ4n) is 2.78. The number of hydrogen-bond donors (Lipinski definition) is 0. The van der Waals surface area contributed by atoms with Crippen molar-refractivity contribution in [2.75, 3.05) is 14.2 Å². The van der Waals surface area contributed by atoms with Crippen LogP contribution in [0.25, 0.3) is 0 Å². The van der Waals surface area contributed by atoms with Crippen LogP contribution in [-0.4, -0.2) is 14.2 Å². The average molecular weight is 313 g/mol. The fourth-order valence-corrected chi connectivity index (χ4v) is 3.34. The van der Waals surface area contributed by atoms with Gasteiger partial charge >= 0.3 is 0 Å². The molecule has 0 aromatic heterocycles. The molecule has 1 saturated carbocycles. The van der Waals surface area contributed by atoms with Crippen LogP contribution in [0.2, 0.25) is 0 Å². The summed E-state index contributed by atoms with van der Waals surface area (Å²) >= 11 is 3.55. The van der Waals surface area contributed by atoms with Crippen LogP contribution in [0.5, 0.6) is 11.5 Å². The van der Waals surface area contributed by atoms with E-state index >= 15 is 0 Å². The SMILES string of the molecule is COc1cc(OC)c(CC2CCCCC2)cc1Br. The maximum Gasteiger partial charge on any atom is 0.136 e. The molecule has 0 N–H and O–H groups in total. The van der Waals surface area contributed by atoms with Crippen molar-refractivity contribution < 1.29 is 9.47 Å². The van der Waals surface area contributed by atoms with Crippen molar-refractivity contribution in [2.45, 2.75) is 38.5 Å². The van der Waals surface area contributed by atoms with Crippen molar-refractivity contribution in [2.24, 2.45) is 5.92 Å². The van der Waals surface area contributed by atoms with Crippen molar-refractivity contribution >= 4 is 15.9 Å². The van der Waals surface area contributed by atoms with Crippen LogP contribution in [0.4, 0.5) is 0 Å². The molecule has 0 radical (unpaired) electrons. The Kier molecular flexibility index (Phi) is 4.93. The summed E-state index contributed by atoms with van der Waals surface area (Å²) in [6.45, 7) is 0. The third-order valence-electron chi connectivity index (χ3n) is 3.79. The number of ether oxygens (including phenoxy) is 2. The highest BCUT2D eigenvalue weighted by atomic mass is 79.9. The van der Waals surface area contributed by atoms with Crippen LogP contribution in [0, 0.1) is 5.92 Å². The van der Waals surface area contributed by atoms with Gasteiger partial charge in [-0.25, -0.2) is 0 Å². The molecule has 1 fully saturated rings. The van der Waals surface area contributed by atoms with E-state index in [0.29, 0.717) is 0 Å². The molecule has 2 rings (SSSR count). The van der Waals surface area contributed by atoms with Gasteiger partial charge in [-0.2, -0.15) is 0 Å². The number of halogens is 1. The lowest BCUT2D eigenvalue weighted by Gasteiger charge is -2.22. The summed E-state index contributed by atoms with van der Waals surface area (Å²) in [6, 6.07) is 4.12. The quantitative estimate of drug-likeness (QED) is 0.809. The molecule has 1 aromatic rings. The number of benzene rings is 1. The first-order valence-corrected chi connectivity index (χ1v) is 7.44. The maximum absolute atomic E-state index is 5.48. The predicted molar refractivity (Wildman–Crippen MR) is 77.5 cm³/mol. The second-order valence-electron chi connectivity index (χ2n) is 5.01. The molecule has 1 aliphatic carbocycles. The maximum atomic E-state index is 5.48. The topological polar surface area (TPSA) is 18.5 Å². The van der Waals surface area contributed by atoms with Gasteiger partial charge < -0.3 is 9.47 Å². The Hall–Kier alpha value is -0.700. The zero-order chi connectivity index (χ0) is 13.0.